The van der Waals surface area contributed by atoms with Crippen LogP contribution in [0, 0.1) is 25.2 Å². The minimum atomic E-state index is -0.641. The molecule has 1 rings (SSSR count). The number of carbonyl (C=O) groups is 1. The molecule has 1 heterocycles. The van der Waals surface area contributed by atoms with Crippen LogP contribution in [-0.4, -0.2) is 17.6 Å². The van der Waals surface area contributed by atoms with Crippen LogP contribution in [0.4, 0.5) is 5.82 Å². The maximum absolute atomic E-state index is 11.4. The van der Waals surface area contributed by atoms with Gasteiger partial charge < -0.3 is 10.1 Å². The van der Waals surface area contributed by atoms with Crippen LogP contribution in [0.25, 0.3) is 0 Å². The Morgan fingerprint density at radius 3 is 2.89 bits per heavy atom. The lowest BCUT2D eigenvalue weighted by Crippen LogP contribution is -2.08. The fourth-order valence-corrected chi connectivity index (χ4v) is 1.35. The third kappa shape index (κ3) is 3.59. The molecular formula is C13H15N3O2. The van der Waals surface area contributed by atoms with Gasteiger partial charge in [-0.3, -0.25) is 0 Å². The number of aryl methyl sites for hydroxylation is 2. The van der Waals surface area contributed by atoms with Gasteiger partial charge in [0.1, 0.15) is 11.9 Å². The van der Waals surface area contributed by atoms with E-state index in [1.54, 1.807) is 19.2 Å². The molecule has 0 radical (unpaired) electrons. The summed E-state index contributed by atoms with van der Waals surface area (Å²) in [5.41, 5.74) is 1.90. The third-order valence-corrected chi connectivity index (χ3v) is 2.18. The van der Waals surface area contributed by atoms with Gasteiger partial charge in [0.05, 0.1) is 6.61 Å². The fourth-order valence-electron chi connectivity index (χ4n) is 1.35. The Morgan fingerprint density at radius 2 is 2.33 bits per heavy atom. The predicted octanol–water partition coefficient (Wildman–Crippen LogP) is 2.08. The predicted molar refractivity (Wildman–Crippen MR) is 67.7 cm³/mol. The lowest BCUT2D eigenvalue weighted by molar-refractivity contribution is -0.138. The van der Waals surface area contributed by atoms with Gasteiger partial charge in [-0.25, -0.2) is 9.78 Å². The number of anilines is 1. The second kappa shape index (κ2) is 6.40. The summed E-state index contributed by atoms with van der Waals surface area (Å²) in [6.07, 6.45) is 3.02. The number of nitrogens with one attached hydrogen (secondary N) is 1. The Hall–Kier alpha value is -2.35. The summed E-state index contributed by atoms with van der Waals surface area (Å²) in [7, 11) is 0. The minimum Gasteiger partial charge on any atom is -0.462 e. The first kappa shape index (κ1) is 13.7. The molecule has 0 amide bonds. The topological polar surface area (TPSA) is 75.0 Å². The van der Waals surface area contributed by atoms with E-state index in [0.29, 0.717) is 5.82 Å². The van der Waals surface area contributed by atoms with Gasteiger partial charge in [-0.05, 0) is 31.9 Å². The number of hydrogen-bond donors (Lipinski definition) is 1. The highest BCUT2D eigenvalue weighted by atomic mass is 16.5. The number of nitriles is 1. The highest BCUT2D eigenvalue weighted by Crippen LogP contribution is 2.12. The summed E-state index contributed by atoms with van der Waals surface area (Å²) in [5.74, 6) is -0.0325. The molecule has 18 heavy (non-hydrogen) atoms. The van der Waals surface area contributed by atoms with Crippen LogP contribution in [0.15, 0.2) is 24.0 Å². The van der Waals surface area contributed by atoms with Gasteiger partial charge in [0, 0.05) is 12.4 Å². The molecule has 0 bridgehead atoms. The van der Waals surface area contributed by atoms with Gasteiger partial charge >= 0.3 is 5.97 Å². The maximum atomic E-state index is 11.4. The van der Waals surface area contributed by atoms with Crippen molar-refractivity contribution < 1.29 is 9.53 Å². The van der Waals surface area contributed by atoms with Crippen LogP contribution in [0.2, 0.25) is 0 Å². The van der Waals surface area contributed by atoms with E-state index >= 15 is 0 Å². The summed E-state index contributed by atoms with van der Waals surface area (Å²) >= 11 is 0. The van der Waals surface area contributed by atoms with Gasteiger partial charge in [-0.1, -0.05) is 6.07 Å². The average Bonchev–Trinajstić information content (AvgIpc) is 2.32. The molecule has 1 aromatic heterocycles. The molecule has 0 spiro atoms. The Bertz CT molecular complexity index is 515. The van der Waals surface area contributed by atoms with Crippen molar-refractivity contribution in [3.8, 4) is 6.07 Å². The van der Waals surface area contributed by atoms with Crippen LogP contribution in [0.3, 0.4) is 0 Å². The first-order valence-electron chi connectivity index (χ1n) is 5.55. The number of carbonyl (C=O) groups excluding carboxylic acids is 1. The molecule has 0 unspecified atom stereocenters. The highest BCUT2D eigenvalue weighted by molar-refractivity contribution is 5.93. The van der Waals surface area contributed by atoms with Crippen molar-refractivity contribution in [1.82, 2.24) is 4.98 Å². The van der Waals surface area contributed by atoms with Crippen molar-refractivity contribution in [2.24, 2.45) is 0 Å². The van der Waals surface area contributed by atoms with Crippen molar-refractivity contribution in [1.29, 1.82) is 5.26 Å². The van der Waals surface area contributed by atoms with E-state index in [2.05, 4.69) is 10.3 Å². The van der Waals surface area contributed by atoms with Crippen molar-refractivity contribution in [3.05, 3.63) is 35.2 Å². The number of aromatic nitrogens is 1. The summed E-state index contributed by atoms with van der Waals surface area (Å²) in [4.78, 5) is 15.5. The second-order valence-electron chi connectivity index (χ2n) is 3.71. The number of hydrogen-bond acceptors (Lipinski definition) is 5. The molecule has 0 aliphatic carbocycles. The molecule has 0 aliphatic heterocycles. The Balaban J connectivity index is 2.84. The van der Waals surface area contributed by atoms with E-state index in [9.17, 15) is 4.79 Å². The first-order valence-corrected chi connectivity index (χ1v) is 5.55. The number of pyridine rings is 1. The molecule has 0 aromatic carbocycles. The van der Waals surface area contributed by atoms with Gasteiger partial charge in [-0.2, -0.15) is 5.26 Å². The lowest BCUT2D eigenvalue weighted by Gasteiger charge is -2.05. The van der Waals surface area contributed by atoms with E-state index in [0.717, 1.165) is 11.1 Å². The van der Waals surface area contributed by atoms with Crippen LogP contribution < -0.4 is 5.32 Å². The quantitative estimate of drug-likeness (QED) is 0.499. The van der Waals surface area contributed by atoms with Crippen molar-refractivity contribution in [3.63, 3.8) is 0 Å². The normalized spacial score (nSPS) is 10.7. The van der Waals surface area contributed by atoms with Gasteiger partial charge in [-0.15, -0.1) is 0 Å². The van der Waals surface area contributed by atoms with Crippen molar-refractivity contribution in [2.75, 3.05) is 11.9 Å². The molecule has 0 saturated carbocycles. The molecule has 5 nitrogen and oxygen atoms in total. The average molecular weight is 245 g/mol. The molecule has 0 saturated heterocycles. The lowest BCUT2D eigenvalue weighted by atomic mass is 10.2. The number of esters is 1. The Morgan fingerprint density at radius 1 is 1.61 bits per heavy atom. The Labute approximate surface area is 106 Å². The minimum absolute atomic E-state index is 0.0846. The van der Waals surface area contributed by atoms with Crippen LogP contribution in [0.5, 0.6) is 0 Å². The third-order valence-electron chi connectivity index (χ3n) is 2.18. The zero-order valence-corrected chi connectivity index (χ0v) is 10.7. The van der Waals surface area contributed by atoms with E-state index in [1.165, 1.54) is 6.20 Å². The molecule has 1 aromatic rings. The first-order chi connectivity index (χ1) is 8.58. The smallest absolute Gasteiger partial charge is 0.350 e. The van der Waals surface area contributed by atoms with Gasteiger partial charge in [0.25, 0.3) is 0 Å². The van der Waals surface area contributed by atoms with Crippen LogP contribution in [0.1, 0.15) is 18.1 Å². The molecular weight excluding hydrogens is 230 g/mol. The zero-order chi connectivity index (χ0) is 13.5. The SMILES string of the molecule is CCOC(=O)/C(C#N)=C\Nc1ncc(C)cc1C. The van der Waals surface area contributed by atoms with Gasteiger partial charge in [0.15, 0.2) is 5.57 Å². The number of nitrogens with zero attached hydrogens (tertiary/aromatic N) is 2. The summed E-state index contributed by atoms with van der Waals surface area (Å²) in [6.45, 7) is 5.76. The van der Waals surface area contributed by atoms with E-state index < -0.39 is 5.97 Å². The molecule has 0 atom stereocenters. The maximum Gasteiger partial charge on any atom is 0.350 e. The van der Waals surface area contributed by atoms with Crippen LogP contribution in [-0.2, 0) is 9.53 Å². The second-order valence-corrected chi connectivity index (χ2v) is 3.71. The largest absolute Gasteiger partial charge is 0.462 e. The van der Waals surface area contributed by atoms with Gasteiger partial charge in [0.2, 0.25) is 0 Å². The summed E-state index contributed by atoms with van der Waals surface area (Å²) in [5, 5.41) is 11.7. The molecule has 1 N–H and O–H groups in total. The molecule has 94 valence electrons. The van der Waals surface area contributed by atoms with E-state index in [4.69, 9.17) is 10.00 Å². The van der Waals surface area contributed by atoms with Crippen LogP contribution >= 0.6 is 0 Å². The standard InChI is InChI=1S/C13H15N3O2/c1-4-18-13(17)11(6-14)8-16-12-10(3)5-9(2)7-15-12/h5,7-8H,4H2,1-3H3,(H,15,16)/b11-8-. The van der Waals surface area contributed by atoms with E-state index in [-0.39, 0.29) is 12.2 Å². The summed E-state index contributed by atoms with van der Waals surface area (Å²) in [6, 6.07) is 3.74. The summed E-state index contributed by atoms with van der Waals surface area (Å²) < 4.78 is 4.74. The van der Waals surface area contributed by atoms with Crippen molar-refractivity contribution in [2.45, 2.75) is 20.8 Å². The molecule has 5 heteroatoms. The monoisotopic (exact) mass is 245 g/mol. The molecule has 0 fully saturated rings. The fraction of sp³-hybridized carbons (Fsp3) is 0.308. The number of ether oxygens (including phenoxy) is 1. The Kier molecular flexibility index (Phi) is 4.88. The number of rotatable bonds is 4. The van der Waals surface area contributed by atoms with Crippen molar-refractivity contribution >= 4 is 11.8 Å². The highest BCUT2D eigenvalue weighted by Gasteiger charge is 2.09. The van der Waals surface area contributed by atoms with E-state index in [1.807, 2.05) is 19.9 Å². The molecule has 0 aliphatic rings. The zero-order valence-electron chi connectivity index (χ0n) is 10.7.